The number of alkyl carbamates (subject to hydrolysis) is 1. The van der Waals surface area contributed by atoms with Crippen molar-refractivity contribution >= 4 is 23.8 Å². The molecule has 0 saturated heterocycles. The van der Waals surface area contributed by atoms with Gasteiger partial charge in [-0.1, -0.05) is 74.5 Å². The van der Waals surface area contributed by atoms with E-state index in [-0.39, 0.29) is 25.5 Å². The van der Waals surface area contributed by atoms with E-state index < -0.39 is 48.4 Å². The monoisotopic (exact) mass is 498 g/mol. The molecule has 10 heteroatoms. The lowest BCUT2D eigenvalue weighted by atomic mass is 10.0. The lowest BCUT2D eigenvalue weighted by Crippen LogP contribution is -2.56. The van der Waals surface area contributed by atoms with Crippen LogP contribution in [0.4, 0.5) is 4.79 Å². The number of carbonyl (C=O) groups is 4. The third kappa shape index (κ3) is 10.1. The standard InChI is InChI=1S/C26H34N4O6/c1-17(2)13-21(30-26(35)36-16-19-11-7-4-8-12-19)24(33)29-20(14-22(27)31)23(32)25(34)28-15-18-9-5-3-6-10-18/h3-12,17,20-21,23,32H,13-16H2,1-2H3,(H2,27,31)(H,28,34)(H,29,33)(H,30,35)/t20-,21-,23?/m0/s1. The lowest BCUT2D eigenvalue weighted by molar-refractivity contribution is -0.133. The van der Waals surface area contributed by atoms with Gasteiger partial charge in [-0.2, -0.15) is 0 Å². The summed E-state index contributed by atoms with van der Waals surface area (Å²) < 4.78 is 5.20. The van der Waals surface area contributed by atoms with E-state index in [9.17, 15) is 24.3 Å². The Morgan fingerprint density at radius 1 is 0.889 bits per heavy atom. The Labute approximate surface area is 210 Å². The number of rotatable bonds is 13. The number of primary amides is 1. The molecule has 6 N–H and O–H groups in total. The van der Waals surface area contributed by atoms with Crippen LogP contribution in [0.5, 0.6) is 0 Å². The van der Waals surface area contributed by atoms with Gasteiger partial charge in [0.05, 0.1) is 6.04 Å². The summed E-state index contributed by atoms with van der Waals surface area (Å²) in [7, 11) is 0. The molecule has 1 unspecified atom stereocenters. The number of benzene rings is 2. The Morgan fingerprint density at radius 3 is 2.03 bits per heavy atom. The second kappa shape index (κ2) is 14.5. The molecule has 0 aliphatic heterocycles. The molecule has 10 nitrogen and oxygen atoms in total. The van der Waals surface area contributed by atoms with Gasteiger partial charge in [-0.05, 0) is 23.5 Å². The predicted octanol–water partition coefficient (Wildman–Crippen LogP) is 1.37. The highest BCUT2D eigenvalue weighted by molar-refractivity contribution is 5.88. The topological polar surface area (TPSA) is 160 Å². The molecule has 0 spiro atoms. The molecule has 0 bridgehead atoms. The fourth-order valence-electron chi connectivity index (χ4n) is 3.42. The number of carbonyl (C=O) groups excluding carboxylic acids is 4. The number of aliphatic hydroxyl groups is 1. The predicted molar refractivity (Wildman–Crippen MR) is 133 cm³/mol. The van der Waals surface area contributed by atoms with E-state index in [1.165, 1.54) is 0 Å². The van der Waals surface area contributed by atoms with Gasteiger partial charge in [0.2, 0.25) is 11.8 Å². The largest absolute Gasteiger partial charge is 0.445 e. The van der Waals surface area contributed by atoms with Crippen LogP contribution in [0.2, 0.25) is 0 Å². The Balaban J connectivity index is 2.01. The van der Waals surface area contributed by atoms with E-state index in [1.807, 2.05) is 38.1 Å². The summed E-state index contributed by atoms with van der Waals surface area (Å²) in [6.07, 6.45) is -2.76. The van der Waals surface area contributed by atoms with Crippen molar-refractivity contribution in [1.29, 1.82) is 0 Å². The minimum atomic E-state index is -1.74. The first kappa shape index (κ1) is 28.3. The van der Waals surface area contributed by atoms with Crippen molar-refractivity contribution in [2.75, 3.05) is 0 Å². The molecule has 194 valence electrons. The first-order valence-corrected chi connectivity index (χ1v) is 11.7. The number of nitrogens with two attached hydrogens (primary N) is 1. The first-order valence-electron chi connectivity index (χ1n) is 11.7. The fourth-order valence-corrected chi connectivity index (χ4v) is 3.42. The Morgan fingerprint density at radius 2 is 1.47 bits per heavy atom. The summed E-state index contributed by atoms with van der Waals surface area (Å²) in [4.78, 5) is 49.4. The van der Waals surface area contributed by atoms with Crippen molar-refractivity contribution in [2.45, 2.75) is 58.0 Å². The third-order valence-electron chi connectivity index (χ3n) is 5.24. The van der Waals surface area contributed by atoms with E-state index >= 15 is 0 Å². The van der Waals surface area contributed by atoms with Crippen LogP contribution in [-0.2, 0) is 32.3 Å². The van der Waals surface area contributed by atoms with Crippen LogP contribution in [0, 0.1) is 5.92 Å². The normalized spacial score (nSPS) is 13.2. The van der Waals surface area contributed by atoms with Crippen LogP contribution in [0.15, 0.2) is 60.7 Å². The molecule has 2 aromatic rings. The molecule has 0 radical (unpaired) electrons. The number of hydrogen-bond acceptors (Lipinski definition) is 6. The SMILES string of the molecule is CC(C)C[C@H](NC(=O)OCc1ccccc1)C(=O)N[C@@H](CC(N)=O)C(O)C(=O)NCc1ccccc1. The average Bonchev–Trinajstić information content (AvgIpc) is 2.85. The highest BCUT2D eigenvalue weighted by atomic mass is 16.5. The number of aliphatic hydroxyl groups excluding tert-OH is 1. The lowest BCUT2D eigenvalue weighted by Gasteiger charge is -2.26. The quantitative estimate of drug-likeness (QED) is 0.280. The molecule has 0 saturated carbocycles. The number of hydrogen-bond donors (Lipinski definition) is 5. The molecule has 2 rings (SSSR count). The second-order valence-electron chi connectivity index (χ2n) is 8.82. The van der Waals surface area contributed by atoms with Gasteiger partial charge in [0.25, 0.3) is 5.91 Å². The van der Waals surface area contributed by atoms with E-state index in [4.69, 9.17) is 10.5 Å². The highest BCUT2D eigenvalue weighted by Gasteiger charge is 2.32. The molecule has 0 fully saturated rings. The van der Waals surface area contributed by atoms with Crippen molar-refractivity contribution in [1.82, 2.24) is 16.0 Å². The highest BCUT2D eigenvalue weighted by Crippen LogP contribution is 2.09. The minimum absolute atomic E-state index is 0.0175. The molecule has 0 aliphatic carbocycles. The molecule has 0 heterocycles. The van der Waals surface area contributed by atoms with Gasteiger partial charge in [-0.15, -0.1) is 0 Å². The maximum atomic E-state index is 13.0. The van der Waals surface area contributed by atoms with Gasteiger partial charge in [-0.25, -0.2) is 4.79 Å². The molecule has 36 heavy (non-hydrogen) atoms. The Bertz CT molecular complexity index is 1000. The average molecular weight is 499 g/mol. The zero-order valence-electron chi connectivity index (χ0n) is 20.5. The minimum Gasteiger partial charge on any atom is -0.445 e. The molecule has 3 atom stereocenters. The van der Waals surface area contributed by atoms with E-state index in [0.29, 0.717) is 0 Å². The number of ether oxygens (including phenoxy) is 1. The van der Waals surface area contributed by atoms with Crippen molar-refractivity contribution in [3.63, 3.8) is 0 Å². The maximum Gasteiger partial charge on any atom is 0.408 e. The Hall–Kier alpha value is -3.92. The van der Waals surface area contributed by atoms with Gasteiger partial charge in [0, 0.05) is 13.0 Å². The molecule has 4 amide bonds. The third-order valence-corrected chi connectivity index (χ3v) is 5.24. The van der Waals surface area contributed by atoms with Crippen LogP contribution in [0.1, 0.15) is 37.8 Å². The molecular weight excluding hydrogens is 464 g/mol. The summed E-state index contributed by atoms with van der Waals surface area (Å²) in [5.41, 5.74) is 6.87. The summed E-state index contributed by atoms with van der Waals surface area (Å²) >= 11 is 0. The number of amides is 4. The van der Waals surface area contributed by atoms with Gasteiger partial charge >= 0.3 is 6.09 Å². The van der Waals surface area contributed by atoms with E-state index in [2.05, 4.69) is 16.0 Å². The van der Waals surface area contributed by atoms with E-state index in [1.54, 1.807) is 36.4 Å². The van der Waals surface area contributed by atoms with Crippen molar-refractivity contribution in [2.24, 2.45) is 11.7 Å². The summed E-state index contributed by atoms with van der Waals surface area (Å²) in [5.74, 6) is -2.25. The summed E-state index contributed by atoms with van der Waals surface area (Å²) in [6.45, 7) is 3.90. The molecule has 0 aliphatic rings. The Kier molecular flexibility index (Phi) is 11.4. The molecule has 2 aromatic carbocycles. The van der Waals surface area contributed by atoms with E-state index in [0.717, 1.165) is 11.1 Å². The number of nitrogens with one attached hydrogen (secondary N) is 3. The molecule has 0 aromatic heterocycles. The zero-order valence-corrected chi connectivity index (χ0v) is 20.5. The maximum absolute atomic E-state index is 13.0. The zero-order chi connectivity index (χ0) is 26.5. The fraction of sp³-hybridized carbons (Fsp3) is 0.385. The van der Waals surface area contributed by atoms with Crippen LogP contribution in [0.25, 0.3) is 0 Å². The van der Waals surface area contributed by atoms with Crippen LogP contribution in [0.3, 0.4) is 0 Å². The van der Waals surface area contributed by atoms with Crippen LogP contribution < -0.4 is 21.7 Å². The first-order chi connectivity index (χ1) is 17.2. The second-order valence-corrected chi connectivity index (χ2v) is 8.82. The summed E-state index contributed by atoms with van der Waals surface area (Å²) in [6, 6.07) is 15.8. The van der Waals surface area contributed by atoms with Gasteiger partial charge in [0.15, 0.2) is 6.10 Å². The van der Waals surface area contributed by atoms with Crippen molar-refractivity contribution < 1.29 is 29.0 Å². The van der Waals surface area contributed by atoms with Crippen molar-refractivity contribution in [3.05, 3.63) is 71.8 Å². The smallest absolute Gasteiger partial charge is 0.408 e. The summed E-state index contributed by atoms with van der Waals surface area (Å²) in [5, 5.41) is 18.1. The van der Waals surface area contributed by atoms with Crippen LogP contribution >= 0.6 is 0 Å². The van der Waals surface area contributed by atoms with Gasteiger partial charge in [-0.3, -0.25) is 14.4 Å². The van der Waals surface area contributed by atoms with Gasteiger partial charge < -0.3 is 31.5 Å². The van der Waals surface area contributed by atoms with Crippen molar-refractivity contribution in [3.8, 4) is 0 Å². The molecular formula is C26H34N4O6. The van der Waals surface area contributed by atoms with Gasteiger partial charge in [0.1, 0.15) is 12.6 Å². The van der Waals surface area contributed by atoms with Crippen LogP contribution in [-0.4, -0.2) is 47.1 Å².